The molecule has 23 heavy (non-hydrogen) atoms. The summed E-state index contributed by atoms with van der Waals surface area (Å²) in [5, 5.41) is 8.82. The molecule has 3 heteroatoms. The highest BCUT2D eigenvalue weighted by Gasteiger charge is 2.01. The topological polar surface area (TPSA) is 46.5 Å². The van der Waals surface area contributed by atoms with Gasteiger partial charge in [0.2, 0.25) is 0 Å². The molecule has 0 saturated heterocycles. The minimum atomic E-state index is -0.901. The van der Waals surface area contributed by atoms with E-state index in [1.54, 1.807) is 24.3 Å². The fraction of sp³-hybridized carbons (Fsp3) is 0.650. The number of unbranched alkanes of at least 4 members (excludes halogenated alkanes) is 10. The molecule has 0 radical (unpaired) electrons. The normalized spacial score (nSPS) is 10.7. The summed E-state index contributed by atoms with van der Waals surface area (Å²) in [7, 11) is 0. The zero-order chi connectivity index (χ0) is 16.8. The third kappa shape index (κ3) is 9.98. The Kier molecular flexibility index (Phi) is 11.0. The fourth-order valence-electron chi connectivity index (χ4n) is 2.65. The van der Waals surface area contributed by atoms with E-state index in [-0.39, 0.29) is 0 Å². The van der Waals surface area contributed by atoms with Gasteiger partial charge in [-0.05, 0) is 30.7 Å². The maximum Gasteiger partial charge on any atom is 0.335 e. The van der Waals surface area contributed by atoms with Crippen molar-refractivity contribution in [1.82, 2.24) is 0 Å². The molecule has 0 atom stereocenters. The van der Waals surface area contributed by atoms with Crippen LogP contribution in [0.15, 0.2) is 24.3 Å². The molecule has 0 unspecified atom stereocenters. The summed E-state index contributed by atoms with van der Waals surface area (Å²) in [4.78, 5) is 10.7. The maximum atomic E-state index is 10.7. The van der Waals surface area contributed by atoms with Crippen molar-refractivity contribution in [2.45, 2.75) is 77.6 Å². The maximum absolute atomic E-state index is 10.7. The van der Waals surface area contributed by atoms with Gasteiger partial charge in [0.25, 0.3) is 0 Å². The van der Waals surface area contributed by atoms with E-state index >= 15 is 0 Å². The molecule has 0 aliphatic rings. The van der Waals surface area contributed by atoms with Crippen molar-refractivity contribution in [2.24, 2.45) is 0 Å². The van der Waals surface area contributed by atoms with Crippen molar-refractivity contribution in [3.63, 3.8) is 0 Å². The molecular formula is C20H32O3. The lowest BCUT2D eigenvalue weighted by atomic mass is 10.1. The Balaban J connectivity index is 1.90. The van der Waals surface area contributed by atoms with E-state index in [0.717, 1.165) is 12.2 Å². The van der Waals surface area contributed by atoms with Crippen molar-refractivity contribution in [3.05, 3.63) is 29.8 Å². The number of rotatable bonds is 14. The van der Waals surface area contributed by atoms with Crippen molar-refractivity contribution >= 4 is 5.97 Å². The van der Waals surface area contributed by atoms with Gasteiger partial charge in [-0.3, -0.25) is 0 Å². The molecule has 3 nitrogen and oxygen atoms in total. The van der Waals surface area contributed by atoms with E-state index in [1.807, 2.05) is 0 Å². The first-order valence-electron chi connectivity index (χ1n) is 9.20. The van der Waals surface area contributed by atoms with Crippen LogP contribution in [-0.4, -0.2) is 17.7 Å². The second kappa shape index (κ2) is 13.0. The Labute approximate surface area is 141 Å². The molecule has 1 aromatic rings. The van der Waals surface area contributed by atoms with Crippen LogP contribution in [0.25, 0.3) is 0 Å². The zero-order valence-corrected chi connectivity index (χ0v) is 14.6. The molecular weight excluding hydrogens is 288 g/mol. The van der Waals surface area contributed by atoms with Gasteiger partial charge in [0.1, 0.15) is 5.75 Å². The molecule has 0 fully saturated rings. The SMILES string of the molecule is CCCCCCCCCCCCCOc1ccc(C(=O)O)cc1. The number of ether oxygens (including phenoxy) is 1. The number of carboxylic acids is 1. The summed E-state index contributed by atoms with van der Waals surface area (Å²) in [6.45, 7) is 2.97. The van der Waals surface area contributed by atoms with E-state index in [4.69, 9.17) is 9.84 Å². The standard InChI is InChI=1S/C20H32O3/c1-2-3-4-5-6-7-8-9-10-11-12-17-23-19-15-13-18(14-16-19)20(21)22/h13-16H,2-12,17H2,1H3,(H,21,22). The largest absolute Gasteiger partial charge is 0.494 e. The predicted molar refractivity (Wildman–Crippen MR) is 95.4 cm³/mol. The number of carbonyl (C=O) groups is 1. The minimum absolute atomic E-state index is 0.298. The Hall–Kier alpha value is -1.51. The number of hydrogen-bond donors (Lipinski definition) is 1. The third-order valence-corrected chi connectivity index (χ3v) is 4.12. The lowest BCUT2D eigenvalue weighted by molar-refractivity contribution is 0.0697. The predicted octanol–water partition coefficient (Wildman–Crippen LogP) is 6.07. The summed E-state index contributed by atoms with van der Waals surface area (Å²) in [5.74, 6) is -0.149. The monoisotopic (exact) mass is 320 g/mol. The van der Waals surface area contributed by atoms with Crippen LogP contribution < -0.4 is 4.74 Å². The number of benzene rings is 1. The molecule has 0 bridgehead atoms. The smallest absolute Gasteiger partial charge is 0.335 e. The third-order valence-electron chi connectivity index (χ3n) is 4.12. The number of aromatic carboxylic acids is 1. The molecule has 0 aliphatic carbocycles. The molecule has 1 aromatic carbocycles. The Morgan fingerprint density at radius 2 is 1.30 bits per heavy atom. The molecule has 0 spiro atoms. The molecule has 1 N–H and O–H groups in total. The second-order valence-electron chi connectivity index (χ2n) is 6.21. The van der Waals surface area contributed by atoms with Crippen LogP contribution in [0.3, 0.4) is 0 Å². The van der Waals surface area contributed by atoms with Gasteiger partial charge in [-0.2, -0.15) is 0 Å². The van der Waals surface area contributed by atoms with E-state index in [1.165, 1.54) is 64.2 Å². The summed E-state index contributed by atoms with van der Waals surface area (Å²) in [6, 6.07) is 6.61. The Morgan fingerprint density at radius 1 is 0.826 bits per heavy atom. The van der Waals surface area contributed by atoms with Crippen LogP contribution in [0.1, 0.15) is 87.9 Å². The van der Waals surface area contributed by atoms with Crippen molar-refractivity contribution in [1.29, 1.82) is 0 Å². The zero-order valence-electron chi connectivity index (χ0n) is 14.6. The first-order chi connectivity index (χ1) is 11.2. The lowest BCUT2D eigenvalue weighted by Gasteiger charge is -2.06. The van der Waals surface area contributed by atoms with Crippen molar-refractivity contribution < 1.29 is 14.6 Å². The van der Waals surface area contributed by atoms with Crippen molar-refractivity contribution in [2.75, 3.05) is 6.61 Å². The van der Waals surface area contributed by atoms with E-state index in [9.17, 15) is 4.79 Å². The summed E-state index contributed by atoms with van der Waals surface area (Å²) in [5.41, 5.74) is 0.298. The van der Waals surface area contributed by atoms with Crippen LogP contribution in [-0.2, 0) is 0 Å². The second-order valence-corrected chi connectivity index (χ2v) is 6.21. The first kappa shape index (κ1) is 19.5. The number of hydrogen-bond acceptors (Lipinski definition) is 2. The van der Waals surface area contributed by atoms with Gasteiger partial charge in [0.05, 0.1) is 12.2 Å². The average Bonchev–Trinajstić information content (AvgIpc) is 2.56. The van der Waals surface area contributed by atoms with Crippen LogP contribution >= 0.6 is 0 Å². The van der Waals surface area contributed by atoms with Gasteiger partial charge in [0, 0.05) is 0 Å². The average molecular weight is 320 g/mol. The number of carboxylic acid groups (broad SMARTS) is 1. The Bertz CT molecular complexity index is 411. The van der Waals surface area contributed by atoms with Gasteiger partial charge in [-0.25, -0.2) is 4.79 Å². The first-order valence-corrected chi connectivity index (χ1v) is 9.20. The van der Waals surface area contributed by atoms with Crippen LogP contribution in [0.4, 0.5) is 0 Å². The Morgan fingerprint density at radius 3 is 1.78 bits per heavy atom. The van der Waals surface area contributed by atoms with Gasteiger partial charge in [-0.1, -0.05) is 71.1 Å². The molecule has 0 aliphatic heterocycles. The van der Waals surface area contributed by atoms with E-state index in [0.29, 0.717) is 12.2 Å². The van der Waals surface area contributed by atoms with Crippen LogP contribution in [0, 0.1) is 0 Å². The lowest BCUT2D eigenvalue weighted by Crippen LogP contribution is -1.99. The fourth-order valence-corrected chi connectivity index (χ4v) is 2.65. The van der Waals surface area contributed by atoms with Gasteiger partial charge in [0.15, 0.2) is 0 Å². The van der Waals surface area contributed by atoms with Crippen LogP contribution in [0.2, 0.25) is 0 Å². The molecule has 1 rings (SSSR count). The molecule has 130 valence electrons. The van der Waals surface area contributed by atoms with Gasteiger partial charge < -0.3 is 9.84 Å². The van der Waals surface area contributed by atoms with Gasteiger partial charge in [-0.15, -0.1) is 0 Å². The minimum Gasteiger partial charge on any atom is -0.494 e. The van der Waals surface area contributed by atoms with Gasteiger partial charge >= 0.3 is 5.97 Å². The summed E-state index contributed by atoms with van der Waals surface area (Å²) >= 11 is 0. The molecule has 0 amide bonds. The highest BCUT2D eigenvalue weighted by molar-refractivity contribution is 5.87. The summed E-state index contributed by atoms with van der Waals surface area (Å²) in [6.07, 6.45) is 14.6. The van der Waals surface area contributed by atoms with Crippen molar-refractivity contribution in [3.8, 4) is 5.75 Å². The van der Waals surface area contributed by atoms with E-state index in [2.05, 4.69) is 6.92 Å². The quantitative estimate of drug-likeness (QED) is 0.423. The van der Waals surface area contributed by atoms with E-state index < -0.39 is 5.97 Å². The highest BCUT2D eigenvalue weighted by Crippen LogP contribution is 2.14. The highest BCUT2D eigenvalue weighted by atomic mass is 16.5. The molecule has 0 saturated carbocycles. The van der Waals surface area contributed by atoms with Crippen LogP contribution in [0.5, 0.6) is 5.75 Å². The molecule has 0 heterocycles. The molecule has 0 aromatic heterocycles. The summed E-state index contributed by atoms with van der Waals surface area (Å²) < 4.78 is 5.63.